The van der Waals surface area contributed by atoms with E-state index in [1.165, 1.54) is 6.26 Å². The molecular weight excluding hydrogens is 276 g/mol. The van der Waals surface area contributed by atoms with Gasteiger partial charge in [0.15, 0.2) is 0 Å². The zero-order valence-electron chi connectivity index (χ0n) is 12.4. The molecule has 0 bridgehead atoms. The van der Waals surface area contributed by atoms with Crippen LogP contribution in [0.4, 0.5) is 0 Å². The van der Waals surface area contributed by atoms with Gasteiger partial charge in [0, 0.05) is 29.8 Å². The molecule has 0 aliphatic rings. The molecule has 1 unspecified atom stereocenters. The third-order valence-corrected chi connectivity index (χ3v) is 4.09. The van der Waals surface area contributed by atoms with Gasteiger partial charge in [-0.3, -0.25) is 4.98 Å². The monoisotopic (exact) mass is 300 g/mol. The van der Waals surface area contributed by atoms with Gasteiger partial charge in [-0.2, -0.15) is 0 Å². The summed E-state index contributed by atoms with van der Waals surface area (Å²) in [5.41, 5.74) is 1.03. The second-order valence-corrected chi connectivity index (χ2v) is 7.16. The van der Waals surface area contributed by atoms with E-state index < -0.39 is 9.84 Å². The number of sulfone groups is 1. The van der Waals surface area contributed by atoms with Crippen LogP contribution >= 0.6 is 0 Å². The predicted octanol–water partition coefficient (Wildman–Crippen LogP) is 1.96. The van der Waals surface area contributed by atoms with Crippen LogP contribution in [0.1, 0.15) is 37.8 Å². The van der Waals surface area contributed by atoms with Crippen molar-refractivity contribution in [1.29, 1.82) is 0 Å². The van der Waals surface area contributed by atoms with Crippen LogP contribution in [0.15, 0.2) is 18.5 Å². The number of rotatable bonds is 9. The molecule has 1 N–H and O–H groups in total. The van der Waals surface area contributed by atoms with Crippen molar-refractivity contribution in [2.24, 2.45) is 0 Å². The van der Waals surface area contributed by atoms with Crippen LogP contribution in [-0.4, -0.2) is 39.1 Å². The summed E-state index contributed by atoms with van der Waals surface area (Å²) in [5.74, 6) is 0.950. The third-order valence-electron chi connectivity index (χ3n) is 3.06. The maximum Gasteiger partial charge on any atom is 0.147 e. The maximum atomic E-state index is 11.2. The molecule has 6 heteroatoms. The molecule has 0 saturated carbocycles. The van der Waals surface area contributed by atoms with E-state index in [0.717, 1.165) is 30.7 Å². The minimum absolute atomic E-state index is 0.0923. The molecule has 0 spiro atoms. The lowest BCUT2D eigenvalue weighted by molar-refractivity contribution is 0.392. The molecule has 1 aromatic heterocycles. The molecule has 0 fully saturated rings. The van der Waals surface area contributed by atoms with E-state index in [2.05, 4.69) is 17.2 Å². The molecule has 1 atom stereocenters. The van der Waals surface area contributed by atoms with Crippen LogP contribution in [-0.2, 0) is 9.84 Å². The molecule has 114 valence electrons. The van der Waals surface area contributed by atoms with Gasteiger partial charge in [-0.1, -0.05) is 6.92 Å². The average molecular weight is 300 g/mol. The lowest BCUT2D eigenvalue weighted by Crippen LogP contribution is -2.23. The molecule has 1 aromatic rings. The summed E-state index contributed by atoms with van der Waals surface area (Å²) in [6.45, 7) is 2.99. The van der Waals surface area contributed by atoms with E-state index in [4.69, 9.17) is 4.74 Å². The summed E-state index contributed by atoms with van der Waals surface area (Å²) in [6.07, 6.45) is 7.10. The number of nitrogens with zero attached hydrogens (tertiary/aromatic N) is 1. The Morgan fingerprint density at radius 1 is 1.45 bits per heavy atom. The highest BCUT2D eigenvalue weighted by molar-refractivity contribution is 7.90. The maximum absolute atomic E-state index is 11.2. The number of ether oxygens (including phenoxy) is 1. The summed E-state index contributed by atoms with van der Waals surface area (Å²) < 4.78 is 27.8. The Hall–Kier alpha value is -1.14. The van der Waals surface area contributed by atoms with Crippen LogP contribution in [0.25, 0.3) is 0 Å². The number of hydrogen-bond acceptors (Lipinski definition) is 5. The smallest absolute Gasteiger partial charge is 0.147 e. The molecule has 0 aliphatic carbocycles. The van der Waals surface area contributed by atoms with Gasteiger partial charge in [-0.15, -0.1) is 0 Å². The molecule has 0 radical (unpaired) electrons. The first kappa shape index (κ1) is 16.9. The normalized spacial score (nSPS) is 13.2. The average Bonchev–Trinajstić information content (AvgIpc) is 2.41. The second kappa shape index (κ2) is 8.21. The standard InChI is InChI=1S/C14H24N2O3S/c1-4-8-16-13(6-5-10-20(3,17)18)12-7-9-15-11-14(12)19-2/h7,9,11,13,16H,4-6,8,10H2,1-3H3. The fourth-order valence-electron chi connectivity index (χ4n) is 2.08. The van der Waals surface area contributed by atoms with Gasteiger partial charge in [0.2, 0.25) is 0 Å². The van der Waals surface area contributed by atoms with Crippen molar-refractivity contribution in [1.82, 2.24) is 10.3 Å². The van der Waals surface area contributed by atoms with Crippen molar-refractivity contribution in [3.63, 3.8) is 0 Å². The molecule has 0 amide bonds. The number of pyridine rings is 1. The van der Waals surface area contributed by atoms with E-state index in [9.17, 15) is 8.42 Å². The molecule has 1 heterocycles. The lowest BCUT2D eigenvalue weighted by atomic mass is 10.0. The van der Waals surface area contributed by atoms with E-state index >= 15 is 0 Å². The summed E-state index contributed by atoms with van der Waals surface area (Å²) in [4.78, 5) is 4.05. The molecule has 5 nitrogen and oxygen atoms in total. The Labute approximate surface area is 121 Å². The summed E-state index contributed by atoms with van der Waals surface area (Å²) >= 11 is 0. The van der Waals surface area contributed by atoms with Gasteiger partial charge in [0.05, 0.1) is 13.3 Å². The highest BCUT2D eigenvalue weighted by Gasteiger charge is 2.16. The third kappa shape index (κ3) is 5.88. The predicted molar refractivity (Wildman–Crippen MR) is 80.8 cm³/mol. The number of nitrogens with one attached hydrogen (secondary N) is 1. The van der Waals surface area contributed by atoms with Gasteiger partial charge >= 0.3 is 0 Å². The highest BCUT2D eigenvalue weighted by Crippen LogP contribution is 2.27. The van der Waals surface area contributed by atoms with Gasteiger partial charge in [0.25, 0.3) is 0 Å². The van der Waals surface area contributed by atoms with Crippen molar-refractivity contribution >= 4 is 9.84 Å². The van der Waals surface area contributed by atoms with Crippen LogP contribution < -0.4 is 10.1 Å². The van der Waals surface area contributed by atoms with E-state index in [1.807, 2.05) is 6.07 Å². The van der Waals surface area contributed by atoms with E-state index in [-0.39, 0.29) is 11.8 Å². The van der Waals surface area contributed by atoms with Crippen molar-refractivity contribution in [3.05, 3.63) is 24.0 Å². The molecule has 0 saturated heterocycles. The van der Waals surface area contributed by atoms with Crippen LogP contribution in [0.3, 0.4) is 0 Å². The molecular formula is C14H24N2O3S. The van der Waals surface area contributed by atoms with Crippen LogP contribution in [0.5, 0.6) is 5.75 Å². The van der Waals surface area contributed by atoms with Gasteiger partial charge in [0.1, 0.15) is 15.6 Å². The summed E-state index contributed by atoms with van der Waals surface area (Å²) in [7, 11) is -1.29. The topological polar surface area (TPSA) is 68.3 Å². The molecule has 0 aromatic carbocycles. The number of aromatic nitrogens is 1. The quantitative estimate of drug-likeness (QED) is 0.755. The minimum Gasteiger partial charge on any atom is -0.495 e. The Morgan fingerprint density at radius 3 is 2.80 bits per heavy atom. The fourth-order valence-corrected chi connectivity index (χ4v) is 2.78. The van der Waals surface area contributed by atoms with Crippen molar-refractivity contribution < 1.29 is 13.2 Å². The summed E-state index contributed by atoms with van der Waals surface area (Å²) in [5, 5.41) is 3.44. The van der Waals surface area contributed by atoms with Crippen molar-refractivity contribution in [2.75, 3.05) is 25.7 Å². The van der Waals surface area contributed by atoms with Crippen molar-refractivity contribution in [3.8, 4) is 5.75 Å². The largest absolute Gasteiger partial charge is 0.495 e. The Balaban J connectivity index is 2.77. The fraction of sp³-hybridized carbons (Fsp3) is 0.643. The van der Waals surface area contributed by atoms with E-state index in [0.29, 0.717) is 6.42 Å². The van der Waals surface area contributed by atoms with Crippen LogP contribution in [0.2, 0.25) is 0 Å². The first-order chi connectivity index (χ1) is 9.48. The van der Waals surface area contributed by atoms with Crippen molar-refractivity contribution in [2.45, 2.75) is 32.2 Å². The Kier molecular flexibility index (Phi) is 6.95. The lowest BCUT2D eigenvalue weighted by Gasteiger charge is -2.20. The molecule has 20 heavy (non-hydrogen) atoms. The zero-order chi connectivity index (χ0) is 15.0. The summed E-state index contributed by atoms with van der Waals surface area (Å²) in [6, 6.07) is 2.02. The molecule has 0 aliphatic heterocycles. The van der Waals surface area contributed by atoms with Crippen LogP contribution in [0, 0.1) is 0 Å². The Bertz CT molecular complexity index is 503. The Morgan fingerprint density at radius 2 is 2.20 bits per heavy atom. The van der Waals surface area contributed by atoms with Gasteiger partial charge in [-0.25, -0.2) is 8.42 Å². The van der Waals surface area contributed by atoms with Gasteiger partial charge in [-0.05, 0) is 31.9 Å². The van der Waals surface area contributed by atoms with E-state index in [1.54, 1.807) is 19.5 Å². The first-order valence-corrected chi connectivity index (χ1v) is 8.93. The highest BCUT2D eigenvalue weighted by atomic mass is 32.2. The number of methoxy groups -OCH3 is 1. The zero-order valence-corrected chi connectivity index (χ0v) is 13.2. The molecule has 1 rings (SSSR count). The SMILES string of the molecule is CCCNC(CCCS(C)(=O)=O)c1ccncc1OC. The number of hydrogen-bond donors (Lipinski definition) is 1. The van der Waals surface area contributed by atoms with Gasteiger partial charge < -0.3 is 10.1 Å². The minimum atomic E-state index is -2.91. The first-order valence-electron chi connectivity index (χ1n) is 6.87. The second-order valence-electron chi connectivity index (χ2n) is 4.90.